The molecule has 0 N–H and O–H groups in total. The van der Waals surface area contributed by atoms with Gasteiger partial charge in [-0.2, -0.15) is 0 Å². The van der Waals surface area contributed by atoms with Crippen LogP contribution in [0.5, 0.6) is 0 Å². The van der Waals surface area contributed by atoms with Gasteiger partial charge in [-0.05, 0) is 0 Å². The minimum atomic E-state index is -0.523. The second-order valence-electron chi connectivity index (χ2n) is 7.46. The summed E-state index contributed by atoms with van der Waals surface area (Å²) in [7, 11) is 0. The summed E-state index contributed by atoms with van der Waals surface area (Å²) in [6, 6.07) is 30.5. The van der Waals surface area contributed by atoms with E-state index in [0.717, 1.165) is 7.16 Å². The number of hydrogen-bond acceptors (Lipinski definition) is 4. The molecule has 0 fully saturated rings. The van der Waals surface area contributed by atoms with Crippen LogP contribution in [-0.4, -0.2) is 102 Å². The van der Waals surface area contributed by atoms with Crippen LogP contribution in [0.15, 0.2) is 71.8 Å². The van der Waals surface area contributed by atoms with Gasteiger partial charge in [0.05, 0.1) is 0 Å². The fourth-order valence-corrected chi connectivity index (χ4v) is 22.0. The van der Waals surface area contributed by atoms with Crippen LogP contribution in [0.2, 0.25) is 0 Å². The molecule has 174 valence electrons. The monoisotopic (exact) mass is 1050 g/mol. The molecule has 0 aliphatic rings. The molecule has 0 aromatic carbocycles. The van der Waals surface area contributed by atoms with Crippen LogP contribution in [0.25, 0.3) is 40.8 Å². The first kappa shape index (κ1) is 27.4. The predicted octanol–water partition coefficient (Wildman–Crippen LogP) is 4.50. The molecule has 5 heterocycles. The van der Waals surface area contributed by atoms with E-state index in [1.165, 1.54) is 14.3 Å². The predicted molar refractivity (Wildman–Crippen MR) is 151 cm³/mol. The quantitative estimate of drug-likeness (QED) is 0.185. The molecule has 0 aliphatic carbocycles. The number of nitriles is 4. The first-order valence-corrected chi connectivity index (χ1v) is 22.3. The maximum atomic E-state index is 9.02. The van der Waals surface area contributed by atoms with Crippen LogP contribution in [0.1, 0.15) is 7.16 Å². The van der Waals surface area contributed by atoms with Crippen LogP contribution in [0, 0.1) is 45.3 Å². The third-order valence-electron chi connectivity index (χ3n) is 5.10. The summed E-state index contributed by atoms with van der Waals surface area (Å²) >= 11 is -2.20. The van der Waals surface area contributed by atoms with Gasteiger partial charge in [-0.15, -0.1) is 0 Å². The molecule has 0 amide bonds. The van der Waals surface area contributed by atoms with E-state index in [1.807, 2.05) is 24.3 Å². The van der Waals surface area contributed by atoms with Gasteiger partial charge >= 0.3 is 267 Å². The third kappa shape index (κ3) is 6.51. The summed E-state index contributed by atoms with van der Waals surface area (Å²) in [6.07, 6.45) is 3.51. The van der Waals surface area contributed by atoms with E-state index in [9.17, 15) is 0 Å². The van der Waals surface area contributed by atoms with Gasteiger partial charge in [0.1, 0.15) is 0 Å². The van der Waals surface area contributed by atoms with E-state index in [1.54, 1.807) is 26.5 Å². The van der Waals surface area contributed by atoms with Crippen molar-refractivity contribution in [3.63, 3.8) is 0 Å². The minimum absolute atomic E-state index is 0.191. The van der Waals surface area contributed by atoms with E-state index in [-0.39, 0.29) is 31.6 Å². The molecule has 0 saturated heterocycles. The molecule has 0 aliphatic heterocycles. The summed E-state index contributed by atoms with van der Waals surface area (Å²) in [6.45, 7) is 0. The van der Waals surface area contributed by atoms with E-state index in [4.69, 9.17) is 21.0 Å². The fraction of sp³-hybridized carbons (Fsp3) is 0. The molecule has 0 unspecified atom stereocenters. The molecular formula is C28H12N4Te5. The Labute approximate surface area is 263 Å². The van der Waals surface area contributed by atoms with Crippen molar-refractivity contribution in [1.29, 1.82) is 21.0 Å². The van der Waals surface area contributed by atoms with Crippen molar-refractivity contribution >= 4 is 114 Å². The molecule has 4 nitrogen and oxygen atoms in total. The van der Waals surface area contributed by atoms with Crippen LogP contribution in [-0.2, 0) is 0 Å². The van der Waals surface area contributed by atoms with Crippen molar-refractivity contribution < 1.29 is 0 Å². The summed E-state index contributed by atoms with van der Waals surface area (Å²) in [5.41, 5.74) is 0.382. The van der Waals surface area contributed by atoms with Gasteiger partial charge in [-0.1, -0.05) is 0 Å². The second kappa shape index (κ2) is 12.8. The number of allylic oxidation sites excluding steroid dienone is 2. The summed E-state index contributed by atoms with van der Waals surface area (Å²) < 4.78 is 14.6. The fourth-order valence-electron chi connectivity index (χ4n) is 3.40. The molecular weight excluding hydrogens is 1030 g/mol. The molecule has 0 bridgehead atoms. The molecule has 0 atom stereocenters. The van der Waals surface area contributed by atoms with Crippen LogP contribution in [0.3, 0.4) is 0 Å². The van der Waals surface area contributed by atoms with Gasteiger partial charge in [0.2, 0.25) is 0 Å². The van der Waals surface area contributed by atoms with Crippen molar-refractivity contribution in [2.75, 3.05) is 0 Å². The van der Waals surface area contributed by atoms with Gasteiger partial charge in [0.25, 0.3) is 0 Å². The van der Waals surface area contributed by atoms with Gasteiger partial charge in [-0.3, -0.25) is 0 Å². The number of rotatable bonds is 6. The molecule has 37 heavy (non-hydrogen) atoms. The van der Waals surface area contributed by atoms with Gasteiger partial charge in [0.15, 0.2) is 0 Å². The Kier molecular flexibility index (Phi) is 9.44. The van der Waals surface area contributed by atoms with Crippen molar-refractivity contribution in [2.45, 2.75) is 0 Å². The van der Waals surface area contributed by atoms with Crippen molar-refractivity contribution in [2.24, 2.45) is 0 Å². The summed E-state index contributed by atoms with van der Waals surface area (Å²) in [5, 5.41) is 36.1. The second-order valence-corrected chi connectivity index (χ2v) is 23.1. The molecule has 5 aromatic heterocycles. The Morgan fingerprint density at radius 1 is 0.405 bits per heavy atom. The Bertz CT molecular complexity index is 1670. The number of nitrogens with zero attached hydrogens (tertiary/aromatic N) is 4. The van der Waals surface area contributed by atoms with Crippen LogP contribution >= 0.6 is 0 Å². The molecule has 0 radical (unpaired) electrons. The maximum absolute atomic E-state index is 9.02. The SMILES string of the molecule is N#CC(C#N)=Cc1ccc(-c2ccc(-c3ccc(-c4ccc(-c5ccc(C=C(C#N)C#N)[te]5)[te]4)[te]3)[te]2)[te]1. The molecule has 9 heteroatoms. The molecule has 0 saturated carbocycles. The topological polar surface area (TPSA) is 95.2 Å². The van der Waals surface area contributed by atoms with Crippen molar-refractivity contribution in [1.82, 2.24) is 0 Å². The Hall–Kier alpha value is -1.21. The van der Waals surface area contributed by atoms with Crippen LogP contribution in [0.4, 0.5) is 0 Å². The third-order valence-corrected chi connectivity index (χ3v) is 26.0. The Morgan fingerprint density at radius 2 is 0.649 bits per heavy atom. The first-order chi connectivity index (χ1) is 18.1. The standard InChI is InChI=1S/C28H12N4Te5/c29-13-17(14-30)11-19-1-3-21(33-19)23-5-7-25(35-23)27-9-10-28(37-27)26-8-6-24(36-26)22-4-2-20(34-22)12-18(15-31)16-32/h1-12H. The van der Waals surface area contributed by atoms with Crippen LogP contribution < -0.4 is 0 Å². The summed E-state index contributed by atoms with van der Waals surface area (Å²) in [5.74, 6) is 0. The Morgan fingerprint density at radius 3 is 0.919 bits per heavy atom. The van der Waals surface area contributed by atoms with E-state index in [2.05, 4.69) is 60.7 Å². The van der Waals surface area contributed by atoms with E-state index >= 15 is 0 Å². The van der Waals surface area contributed by atoms with Crippen molar-refractivity contribution in [3.8, 4) is 52.9 Å². The molecule has 0 spiro atoms. The van der Waals surface area contributed by atoms with Crippen molar-refractivity contribution in [3.05, 3.63) is 79.0 Å². The number of hydrogen-bond donors (Lipinski definition) is 0. The first-order valence-electron chi connectivity index (χ1n) is 10.6. The molecule has 5 rings (SSSR count). The zero-order valence-corrected chi connectivity index (χ0v) is 30.4. The molecule has 5 aromatic rings. The van der Waals surface area contributed by atoms with Gasteiger partial charge in [0, 0.05) is 0 Å². The Balaban J connectivity index is 1.34. The van der Waals surface area contributed by atoms with E-state index in [0.29, 0.717) is 0 Å². The average Bonchev–Trinajstić information content (AvgIpc) is 3.74. The zero-order chi connectivity index (χ0) is 25.8. The van der Waals surface area contributed by atoms with Gasteiger partial charge in [-0.25, -0.2) is 0 Å². The average molecular weight is 1040 g/mol. The normalized spacial score (nSPS) is 10.1. The summed E-state index contributed by atoms with van der Waals surface area (Å²) in [4.78, 5) is 0. The van der Waals surface area contributed by atoms with Gasteiger partial charge < -0.3 is 0 Å². The zero-order valence-electron chi connectivity index (χ0n) is 18.8. The van der Waals surface area contributed by atoms with E-state index < -0.39 is 81.7 Å².